The maximum Gasteiger partial charge on any atom is 0.0596 e. The molecule has 1 aliphatic carbocycles. The number of hydrogen-bond donors (Lipinski definition) is 1. The molecule has 108 valence electrons. The Kier molecular flexibility index (Phi) is 5.44. The van der Waals surface area contributed by atoms with Crippen LogP contribution in [-0.2, 0) is 6.54 Å². The number of aromatic nitrogens is 2. The summed E-state index contributed by atoms with van der Waals surface area (Å²) in [6.07, 6.45) is 8.14. The van der Waals surface area contributed by atoms with E-state index in [1.165, 1.54) is 44.2 Å². The first-order valence-electron chi connectivity index (χ1n) is 7.93. The van der Waals surface area contributed by atoms with E-state index in [2.05, 4.69) is 41.9 Å². The van der Waals surface area contributed by atoms with E-state index >= 15 is 0 Å². The number of aryl methyl sites for hydroxylation is 3. The van der Waals surface area contributed by atoms with Crippen LogP contribution in [0.4, 0.5) is 0 Å². The van der Waals surface area contributed by atoms with Crippen LogP contribution in [0.25, 0.3) is 0 Å². The van der Waals surface area contributed by atoms with Crippen LogP contribution >= 0.6 is 0 Å². The lowest BCUT2D eigenvalue weighted by Gasteiger charge is -2.29. The van der Waals surface area contributed by atoms with Gasteiger partial charge in [0.25, 0.3) is 0 Å². The van der Waals surface area contributed by atoms with Crippen molar-refractivity contribution >= 4 is 0 Å². The highest BCUT2D eigenvalue weighted by atomic mass is 15.3. The molecule has 1 heterocycles. The first-order chi connectivity index (χ1) is 9.19. The second-order valence-corrected chi connectivity index (χ2v) is 6.10. The summed E-state index contributed by atoms with van der Waals surface area (Å²) in [6, 6.07) is 2.92. The third kappa shape index (κ3) is 4.34. The van der Waals surface area contributed by atoms with Gasteiger partial charge in [-0.25, -0.2) is 0 Å². The first kappa shape index (κ1) is 14.6. The van der Waals surface area contributed by atoms with Gasteiger partial charge >= 0.3 is 0 Å². The van der Waals surface area contributed by atoms with Gasteiger partial charge in [-0.2, -0.15) is 5.10 Å². The van der Waals surface area contributed by atoms with Crippen molar-refractivity contribution in [2.45, 2.75) is 71.9 Å². The van der Waals surface area contributed by atoms with Gasteiger partial charge in [0.1, 0.15) is 0 Å². The molecule has 0 aliphatic heterocycles. The highest BCUT2D eigenvalue weighted by Gasteiger charge is 2.19. The van der Waals surface area contributed by atoms with Crippen molar-refractivity contribution in [1.29, 1.82) is 0 Å². The molecule has 1 aliphatic rings. The Bertz CT molecular complexity index is 383. The van der Waals surface area contributed by atoms with Gasteiger partial charge in [0.2, 0.25) is 0 Å². The third-order valence-corrected chi connectivity index (χ3v) is 4.44. The van der Waals surface area contributed by atoms with Crippen molar-refractivity contribution in [3.05, 3.63) is 17.5 Å². The van der Waals surface area contributed by atoms with Crippen molar-refractivity contribution in [2.75, 3.05) is 6.54 Å². The van der Waals surface area contributed by atoms with Gasteiger partial charge in [0.05, 0.1) is 5.69 Å². The maximum absolute atomic E-state index is 4.51. The third-order valence-electron chi connectivity index (χ3n) is 4.44. The highest BCUT2D eigenvalue weighted by molar-refractivity contribution is 5.06. The summed E-state index contributed by atoms with van der Waals surface area (Å²) in [5.41, 5.74) is 2.41. The van der Waals surface area contributed by atoms with E-state index in [-0.39, 0.29) is 0 Å². The zero-order valence-electron chi connectivity index (χ0n) is 12.8. The van der Waals surface area contributed by atoms with Gasteiger partial charge in [-0.1, -0.05) is 26.2 Å². The number of rotatable bonds is 6. The van der Waals surface area contributed by atoms with Crippen LogP contribution in [0.2, 0.25) is 0 Å². The van der Waals surface area contributed by atoms with Gasteiger partial charge in [-0.15, -0.1) is 0 Å². The van der Waals surface area contributed by atoms with Crippen LogP contribution in [0.1, 0.15) is 56.8 Å². The number of hydrogen-bond acceptors (Lipinski definition) is 2. The molecular weight excluding hydrogens is 234 g/mol. The summed E-state index contributed by atoms with van der Waals surface area (Å²) >= 11 is 0. The van der Waals surface area contributed by atoms with E-state index in [0.717, 1.165) is 30.7 Å². The molecule has 3 nitrogen and oxygen atoms in total. The van der Waals surface area contributed by atoms with E-state index in [0.29, 0.717) is 0 Å². The lowest BCUT2D eigenvalue weighted by Crippen LogP contribution is -2.35. The molecule has 1 fully saturated rings. The summed E-state index contributed by atoms with van der Waals surface area (Å²) in [6.45, 7) is 8.70. The molecule has 1 N–H and O–H groups in total. The minimum absolute atomic E-state index is 0.763. The van der Waals surface area contributed by atoms with Crippen LogP contribution in [0.5, 0.6) is 0 Å². The van der Waals surface area contributed by atoms with E-state index in [9.17, 15) is 0 Å². The lowest BCUT2D eigenvalue weighted by molar-refractivity contribution is 0.277. The average Bonchev–Trinajstić information content (AvgIpc) is 2.73. The second kappa shape index (κ2) is 7.09. The minimum atomic E-state index is 0.763. The Morgan fingerprint density at radius 3 is 2.89 bits per heavy atom. The number of nitrogens with one attached hydrogen (secondary N) is 1. The van der Waals surface area contributed by atoms with E-state index in [1.807, 2.05) is 0 Å². The molecule has 19 heavy (non-hydrogen) atoms. The standard InChI is InChI=1S/C16H29N3/c1-4-15-7-5-8-16(12-15)17-9-6-10-19-14(3)11-13(2)18-19/h11,15-17H,4-10,12H2,1-3H3. The van der Waals surface area contributed by atoms with Gasteiger partial charge in [-0.3, -0.25) is 4.68 Å². The average molecular weight is 263 g/mol. The van der Waals surface area contributed by atoms with Gasteiger partial charge in [0, 0.05) is 18.3 Å². The number of nitrogens with zero attached hydrogens (tertiary/aromatic N) is 2. The quantitative estimate of drug-likeness (QED) is 0.797. The van der Waals surface area contributed by atoms with Crippen LogP contribution in [0.15, 0.2) is 6.07 Å². The minimum Gasteiger partial charge on any atom is -0.314 e. The fourth-order valence-electron chi connectivity index (χ4n) is 3.28. The Morgan fingerprint density at radius 1 is 1.37 bits per heavy atom. The Hall–Kier alpha value is -0.830. The molecule has 0 spiro atoms. The molecule has 2 rings (SSSR count). The largest absolute Gasteiger partial charge is 0.314 e. The van der Waals surface area contributed by atoms with Crippen molar-refractivity contribution in [3.63, 3.8) is 0 Å². The Labute approximate surface area is 117 Å². The molecule has 0 bridgehead atoms. The predicted octanol–water partition coefficient (Wildman–Crippen LogP) is 3.45. The van der Waals surface area contributed by atoms with Crippen LogP contribution < -0.4 is 5.32 Å². The summed E-state index contributed by atoms with van der Waals surface area (Å²) in [5, 5.41) is 8.25. The zero-order chi connectivity index (χ0) is 13.7. The monoisotopic (exact) mass is 263 g/mol. The molecule has 1 saturated carbocycles. The van der Waals surface area contributed by atoms with E-state index in [1.54, 1.807) is 0 Å². The Morgan fingerprint density at radius 2 is 2.21 bits per heavy atom. The van der Waals surface area contributed by atoms with Crippen molar-refractivity contribution in [1.82, 2.24) is 15.1 Å². The molecule has 2 atom stereocenters. The molecule has 0 amide bonds. The smallest absolute Gasteiger partial charge is 0.0596 e. The predicted molar refractivity (Wildman–Crippen MR) is 80.4 cm³/mol. The lowest BCUT2D eigenvalue weighted by atomic mass is 9.84. The van der Waals surface area contributed by atoms with Crippen molar-refractivity contribution < 1.29 is 0 Å². The Balaban J connectivity index is 1.65. The molecule has 0 radical (unpaired) electrons. The normalized spacial score (nSPS) is 23.7. The molecule has 0 saturated heterocycles. The van der Waals surface area contributed by atoms with Crippen molar-refractivity contribution in [3.8, 4) is 0 Å². The van der Waals surface area contributed by atoms with E-state index in [4.69, 9.17) is 0 Å². The second-order valence-electron chi connectivity index (χ2n) is 6.10. The van der Waals surface area contributed by atoms with Gasteiger partial charge < -0.3 is 5.32 Å². The van der Waals surface area contributed by atoms with Crippen LogP contribution in [0.3, 0.4) is 0 Å². The van der Waals surface area contributed by atoms with Crippen LogP contribution in [-0.4, -0.2) is 22.4 Å². The topological polar surface area (TPSA) is 29.9 Å². The van der Waals surface area contributed by atoms with Crippen LogP contribution in [0, 0.1) is 19.8 Å². The van der Waals surface area contributed by atoms with E-state index < -0.39 is 0 Å². The molecule has 1 aromatic rings. The van der Waals surface area contributed by atoms with Gasteiger partial charge in [0.15, 0.2) is 0 Å². The molecule has 0 aromatic carbocycles. The SMILES string of the molecule is CCC1CCCC(NCCCn2nc(C)cc2C)C1. The molecule has 3 heteroatoms. The maximum atomic E-state index is 4.51. The summed E-state index contributed by atoms with van der Waals surface area (Å²) < 4.78 is 2.13. The summed E-state index contributed by atoms with van der Waals surface area (Å²) in [4.78, 5) is 0. The first-order valence-corrected chi connectivity index (χ1v) is 7.93. The summed E-state index contributed by atoms with van der Waals surface area (Å²) in [5.74, 6) is 0.960. The summed E-state index contributed by atoms with van der Waals surface area (Å²) in [7, 11) is 0. The molecule has 2 unspecified atom stereocenters. The molecular formula is C16H29N3. The fraction of sp³-hybridized carbons (Fsp3) is 0.812. The van der Waals surface area contributed by atoms with Gasteiger partial charge in [-0.05, 0) is 51.6 Å². The molecule has 1 aromatic heterocycles. The zero-order valence-corrected chi connectivity index (χ0v) is 12.8. The van der Waals surface area contributed by atoms with Crippen molar-refractivity contribution in [2.24, 2.45) is 5.92 Å². The fourth-order valence-corrected chi connectivity index (χ4v) is 3.28. The highest BCUT2D eigenvalue weighted by Crippen LogP contribution is 2.26.